The Bertz CT molecular complexity index is 919. The van der Waals surface area contributed by atoms with Crippen LogP contribution in [0.2, 0.25) is 0 Å². The average Bonchev–Trinajstić information content (AvgIpc) is 3.38. The summed E-state index contributed by atoms with van der Waals surface area (Å²) < 4.78 is 20.1. The van der Waals surface area contributed by atoms with Gasteiger partial charge >= 0.3 is 0 Å². The van der Waals surface area contributed by atoms with Crippen LogP contribution in [-0.4, -0.2) is 21.3 Å². The summed E-state index contributed by atoms with van der Waals surface area (Å²) in [6, 6.07) is 0. The van der Waals surface area contributed by atoms with Crippen molar-refractivity contribution in [2.45, 2.75) is 52.1 Å². The van der Waals surface area contributed by atoms with Gasteiger partial charge in [0.1, 0.15) is 17.8 Å². The number of aliphatic imine (C=N–C) groups is 1. The fourth-order valence-electron chi connectivity index (χ4n) is 3.27. The molecule has 0 saturated heterocycles. The van der Waals surface area contributed by atoms with Crippen molar-refractivity contribution in [3.8, 4) is 5.88 Å². The van der Waals surface area contributed by atoms with Gasteiger partial charge < -0.3 is 4.74 Å². The molecule has 27 heavy (non-hydrogen) atoms. The molecule has 2 heterocycles. The first-order chi connectivity index (χ1) is 12.9. The molecule has 3 aliphatic rings. The molecule has 1 unspecified atom stereocenters. The quantitative estimate of drug-likeness (QED) is 0.694. The van der Waals surface area contributed by atoms with Crippen LogP contribution in [0.4, 0.5) is 10.1 Å². The molecular formula is C22H24FN3O. The van der Waals surface area contributed by atoms with E-state index in [1.54, 1.807) is 12.2 Å². The van der Waals surface area contributed by atoms with Gasteiger partial charge in [-0.25, -0.2) is 14.4 Å². The summed E-state index contributed by atoms with van der Waals surface area (Å²) in [5.41, 5.74) is 4.02. The summed E-state index contributed by atoms with van der Waals surface area (Å²) in [6.45, 7) is 6.11. The fourth-order valence-corrected chi connectivity index (χ4v) is 3.27. The minimum Gasteiger partial charge on any atom is -0.470 e. The van der Waals surface area contributed by atoms with Crippen LogP contribution in [-0.2, 0) is 0 Å². The lowest BCUT2D eigenvalue weighted by molar-refractivity contribution is 0.192. The molecule has 1 atom stereocenters. The van der Waals surface area contributed by atoms with Crippen molar-refractivity contribution < 1.29 is 9.13 Å². The van der Waals surface area contributed by atoms with Crippen molar-refractivity contribution in [1.82, 2.24) is 9.97 Å². The Morgan fingerprint density at radius 2 is 2.07 bits per heavy atom. The van der Waals surface area contributed by atoms with E-state index in [9.17, 15) is 4.39 Å². The molecule has 140 valence electrons. The minimum absolute atomic E-state index is 0.147. The first-order valence-electron chi connectivity index (χ1n) is 9.48. The van der Waals surface area contributed by atoms with Gasteiger partial charge in [0, 0.05) is 6.42 Å². The molecule has 0 radical (unpaired) electrons. The van der Waals surface area contributed by atoms with E-state index < -0.39 is 0 Å². The molecule has 5 heteroatoms. The Labute approximate surface area is 159 Å². The van der Waals surface area contributed by atoms with Crippen LogP contribution in [0.1, 0.15) is 52.1 Å². The van der Waals surface area contributed by atoms with Crippen LogP contribution in [0.5, 0.6) is 5.88 Å². The van der Waals surface area contributed by atoms with Gasteiger partial charge in [-0.05, 0) is 68.4 Å². The maximum atomic E-state index is 14.0. The minimum atomic E-state index is -0.191. The fraction of sp³-hybridized carbons (Fsp3) is 0.409. The topological polar surface area (TPSA) is 47.4 Å². The number of nitrogens with zero attached hydrogens (tertiary/aromatic N) is 3. The number of hydrogen-bond acceptors (Lipinski definition) is 4. The zero-order valence-electron chi connectivity index (χ0n) is 16.0. The summed E-state index contributed by atoms with van der Waals surface area (Å²) in [5, 5.41) is 0. The predicted octanol–water partition coefficient (Wildman–Crippen LogP) is 5.66. The van der Waals surface area contributed by atoms with E-state index in [-0.39, 0.29) is 17.3 Å². The van der Waals surface area contributed by atoms with Crippen molar-refractivity contribution in [3.05, 3.63) is 53.3 Å². The first kappa shape index (κ1) is 17.8. The second-order valence-corrected chi connectivity index (χ2v) is 7.84. The largest absolute Gasteiger partial charge is 0.470 e. The SMILES string of the molecule is CC1=C/C(F)=C/CC(C)/C=C\1C1=Nc2c(ncnc2OC2(C)CC2)C=CC1. The average molecular weight is 365 g/mol. The maximum absolute atomic E-state index is 14.0. The summed E-state index contributed by atoms with van der Waals surface area (Å²) >= 11 is 0. The number of rotatable bonds is 3. The highest BCUT2D eigenvalue weighted by Crippen LogP contribution is 2.43. The lowest BCUT2D eigenvalue weighted by atomic mass is 9.92. The third-order valence-electron chi connectivity index (χ3n) is 5.17. The van der Waals surface area contributed by atoms with Gasteiger partial charge in [-0.15, -0.1) is 0 Å². The smallest absolute Gasteiger partial charge is 0.244 e. The Kier molecular flexibility index (Phi) is 4.54. The normalized spacial score (nSPS) is 29.4. The van der Waals surface area contributed by atoms with Crippen molar-refractivity contribution in [3.63, 3.8) is 0 Å². The lowest BCUT2D eigenvalue weighted by Gasteiger charge is -2.17. The first-order valence-corrected chi connectivity index (χ1v) is 9.48. The lowest BCUT2D eigenvalue weighted by Crippen LogP contribution is -2.14. The van der Waals surface area contributed by atoms with Crippen molar-refractivity contribution in [2.24, 2.45) is 10.9 Å². The Morgan fingerprint density at radius 1 is 1.26 bits per heavy atom. The van der Waals surface area contributed by atoms with E-state index in [0.29, 0.717) is 24.4 Å². The van der Waals surface area contributed by atoms with E-state index in [1.165, 1.54) is 6.33 Å². The molecule has 2 aliphatic carbocycles. The van der Waals surface area contributed by atoms with Gasteiger partial charge in [0.2, 0.25) is 5.88 Å². The summed E-state index contributed by atoms with van der Waals surface area (Å²) in [5.74, 6) is 0.567. The highest BCUT2D eigenvalue weighted by atomic mass is 19.1. The Balaban J connectivity index is 1.79. The van der Waals surface area contributed by atoms with Gasteiger partial charge in [0.25, 0.3) is 0 Å². The van der Waals surface area contributed by atoms with E-state index in [2.05, 4.69) is 29.9 Å². The molecule has 1 aliphatic heterocycles. The molecule has 1 fully saturated rings. The van der Waals surface area contributed by atoms with Crippen LogP contribution in [0.15, 0.2) is 52.6 Å². The molecule has 0 bridgehead atoms. The number of halogens is 1. The van der Waals surface area contributed by atoms with Gasteiger partial charge in [0.15, 0.2) is 5.69 Å². The summed E-state index contributed by atoms with van der Waals surface area (Å²) in [6.07, 6.45) is 14.3. The number of aromatic nitrogens is 2. The molecule has 0 spiro atoms. The molecule has 1 saturated carbocycles. The van der Waals surface area contributed by atoms with Crippen molar-refractivity contribution in [2.75, 3.05) is 0 Å². The number of ether oxygens (including phenoxy) is 1. The molecule has 0 aromatic carbocycles. The molecule has 0 N–H and O–H groups in total. The third kappa shape index (κ3) is 3.92. The van der Waals surface area contributed by atoms with Gasteiger partial charge in [-0.2, -0.15) is 4.98 Å². The monoisotopic (exact) mass is 365 g/mol. The van der Waals surface area contributed by atoms with E-state index in [4.69, 9.17) is 9.73 Å². The summed E-state index contributed by atoms with van der Waals surface area (Å²) in [7, 11) is 0. The number of fused-ring (bicyclic) bond motifs is 1. The zero-order chi connectivity index (χ0) is 19.0. The molecular weight excluding hydrogens is 341 g/mol. The second kappa shape index (κ2) is 6.87. The highest BCUT2D eigenvalue weighted by molar-refractivity contribution is 6.07. The van der Waals surface area contributed by atoms with Crippen molar-refractivity contribution >= 4 is 17.5 Å². The van der Waals surface area contributed by atoms with Crippen LogP contribution in [0.25, 0.3) is 6.08 Å². The third-order valence-corrected chi connectivity index (χ3v) is 5.17. The highest BCUT2D eigenvalue weighted by Gasteiger charge is 2.41. The Morgan fingerprint density at radius 3 is 2.85 bits per heavy atom. The second-order valence-electron chi connectivity index (χ2n) is 7.84. The van der Waals surface area contributed by atoms with Gasteiger partial charge in [-0.1, -0.05) is 19.1 Å². The van der Waals surface area contributed by atoms with E-state index in [1.807, 2.05) is 19.1 Å². The summed E-state index contributed by atoms with van der Waals surface area (Å²) in [4.78, 5) is 13.6. The number of allylic oxidation sites excluding steroid dienone is 7. The molecule has 1 aromatic rings. The van der Waals surface area contributed by atoms with Crippen LogP contribution in [0.3, 0.4) is 0 Å². The van der Waals surface area contributed by atoms with Gasteiger partial charge in [-0.3, -0.25) is 0 Å². The van der Waals surface area contributed by atoms with Crippen molar-refractivity contribution in [1.29, 1.82) is 0 Å². The van der Waals surface area contributed by atoms with Crippen LogP contribution >= 0.6 is 0 Å². The molecule has 4 nitrogen and oxygen atoms in total. The zero-order valence-corrected chi connectivity index (χ0v) is 16.0. The maximum Gasteiger partial charge on any atom is 0.244 e. The van der Waals surface area contributed by atoms with Crippen LogP contribution in [0, 0.1) is 5.92 Å². The van der Waals surface area contributed by atoms with Crippen LogP contribution < -0.4 is 4.74 Å². The molecule has 0 amide bonds. The molecule has 4 rings (SSSR count). The molecule has 1 aromatic heterocycles. The number of hydrogen-bond donors (Lipinski definition) is 0. The predicted molar refractivity (Wildman–Crippen MR) is 106 cm³/mol. The van der Waals surface area contributed by atoms with Gasteiger partial charge in [0.05, 0.1) is 11.4 Å². The Hall–Kier alpha value is -2.56. The van der Waals surface area contributed by atoms with E-state index >= 15 is 0 Å². The standard InChI is InChI=1S/C22H24FN3O/c1-14-7-8-16(23)12-15(2)17(11-14)18-5-4-6-19-20(26-18)21(25-13-24-19)27-22(3)9-10-22/h4,6,8,11-14H,5,7,9-10H2,1-3H3/b15-12-,16-8-,17-11+. The van der Waals surface area contributed by atoms with E-state index in [0.717, 1.165) is 35.4 Å².